The number of carboxylic acid groups (broad SMARTS) is 1. The van der Waals surface area contributed by atoms with E-state index in [2.05, 4.69) is 11.4 Å². The Labute approximate surface area is 212 Å². The number of carbonyl (C=O) groups is 4. The molecule has 3 amide bonds. The highest BCUT2D eigenvalue weighted by Crippen LogP contribution is 2.42. The van der Waals surface area contributed by atoms with Crippen LogP contribution >= 0.6 is 23.5 Å². The third-order valence-electron chi connectivity index (χ3n) is 6.58. The minimum Gasteiger partial charge on any atom is -0.477 e. The summed E-state index contributed by atoms with van der Waals surface area (Å²) in [6, 6.07) is 5.65. The van der Waals surface area contributed by atoms with Crippen molar-refractivity contribution in [3.63, 3.8) is 0 Å². The minimum atomic E-state index is -1.20. The van der Waals surface area contributed by atoms with Gasteiger partial charge in [-0.2, -0.15) is 0 Å². The monoisotopic (exact) mass is 513 g/mol. The predicted octanol–water partition coefficient (Wildman–Crippen LogP) is 2.46. The van der Waals surface area contributed by atoms with Crippen LogP contribution in [0.4, 0.5) is 0 Å². The van der Waals surface area contributed by atoms with Crippen molar-refractivity contribution in [3.05, 3.63) is 52.2 Å². The number of carbonyl (C=O) groups excluding carboxylic acids is 3. The summed E-state index contributed by atoms with van der Waals surface area (Å²) in [4.78, 5) is 54.4. The molecule has 184 valence electrons. The molecule has 1 aliphatic carbocycles. The highest BCUT2D eigenvalue weighted by Gasteiger charge is 2.54. The molecule has 3 aliphatic heterocycles. The summed E-state index contributed by atoms with van der Waals surface area (Å²) in [6.45, 7) is 4.67. The van der Waals surface area contributed by atoms with Crippen LogP contribution in [-0.4, -0.2) is 74.1 Å². The van der Waals surface area contributed by atoms with Gasteiger partial charge in [0.1, 0.15) is 17.1 Å². The Balaban J connectivity index is 1.25. The van der Waals surface area contributed by atoms with E-state index in [1.807, 2.05) is 30.9 Å². The second-order valence-corrected chi connectivity index (χ2v) is 11.5. The van der Waals surface area contributed by atoms with Gasteiger partial charge >= 0.3 is 5.97 Å². The second kappa shape index (κ2) is 9.39. The maximum Gasteiger partial charge on any atom is 0.352 e. The van der Waals surface area contributed by atoms with E-state index in [0.717, 1.165) is 28.9 Å². The number of fused-ring (bicyclic) bond motifs is 1. The van der Waals surface area contributed by atoms with E-state index in [1.54, 1.807) is 6.08 Å². The molecule has 1 saturated carbocycles. The Bertz CT molecular complexity index is 1170. The third-order valence-corrected chi connectivity index (χ3v) is 8.85. The van der Waals surface area contributed by atoms with Crippen molar-refractivity contribution in [3.8, 4) is 0 Å². The largest absolute Gasteiger partial charge is 0.477 e. The van der Waals surface area contributed by atoms with E-state index < -0.39 is 23.3 Å². The van der Waals surface area contributed by atoms with Gasteiger partial charge in [0, 0.05) is 28.8 Å². The molecule has 3 fully saturated rings. The zero-order valence-electron chi connectivity index (χ0n) is 19.6. The standard InChI is InChI=1S/C25H27N3O5S2/c1-13-7-14(2)9-18(8-13)34-12-19(29)26-20-23(31)28-21(25(32)33)16(11-35-24(20)28)10-15-5-6-27(22(15)30)17-3-4-17/h7-10,17,20,24H,3-6,11-12H2,1-2H3,(H,26,29)(H,32,33)/b15-10+/t20-,24-/m1/s1. The normalized spacial score (nSPS) is 25.1. The number of allylic oxidation sites excluding steroid dienone is 1. The Morgan fingerprint density at radius 3 is 2.57 bits per heavy atom. The quantitative estimate of drug-likeness (QED) is 0.328. The first kappa shape index (κ1) is 24.0. The van der Waals surface area contributed by atoms with E-state index in [1.165, 1.54) is 28.4 Å². The lowest BCUT2D eigenvalue weighted by Gasteiger charge is -2.49. The number of thioether (sulfide) groups is 2. The first-order chi connectivity index (χ1) is 16.7. The Hall–Kier alpha value is -2.72. The Kier molecular flexibility index (Phi) is 6.43. The van der Waals surface area contributed by atoms with Gasteiger partial charge in [0.2, 0.25) is 11.8 Å². The van der Waals surface area contributed by atoms with Crippen LogP contribution in [0.1, 0.15) is 30.4 Å². The third kappa shape index (κ3) is 4.73. The molecule has 1 aromatic rings. The number of β-lactam (4-membered cyclic amide) rings is 1. The summed E-state index contributed by atoms with van der Waals surface area (Å²) in [5, 5.41) is 12.2. The SMILES string of the molecule is Cc1cc(C)cc(SCC(=O)N[C@@H]2C(=O)N3C(C(=O)O)=C(/C=C4\CCN(C5CC5)C4=O)CS[C@H]23)c1. The molecule has 2 saturated heterocycles. The average molecular weight is 514 g/mol. The number of hydrogen-bond acceptors (Lipinski definition) is 6. The molecule has 8 nitrogen and oxygen atoms in total. The molecule has 0 bridgehead atoms. The van der Waals surface area contributed by atoms with E-state index in [0.29, 0.717) is 35.9 Å². The number of nitrogens with one attached hydrogen (secondary N) is 1. The highest BCUT2D eigenvalue weighted by atomic mass is 32.2. The molecule has 0 radical (unpaired) electrons. The van der Waals surface area contributed by atoms with E-state index in [9.17, 15) is 24.3 Å². The van der Waals surface area contributed by atoms with Gasteiger partial charge < -0.3 is 15.3 Å². The summed E-state index contributed by atoms with van der Waals surface area (Å²) < 4.78 is 0. The van der Waals surface area contributed by atoms with Gasteiger partial charge in [0.05, 0.1) is 5.75 Å². The van der Waals surface area contributed by atoms with Crippen LogP contribution in [0.3, 0.4) is 0 Å². The van der Waals surface area contributed by atoms with Crippen molar-refractivity contribution in [1.82, 2.24) is 15.1 Å². The molecule has 4 aliphatic rings. The van der Waals surface area contributed by atoms with Gasteiger partial charge in [0.25, 0.3) is 5.91 Å². The van der Waals surface area contributed by atoms with Gasteiger partial charge in [-0.3, -0.25) is 19.3 Å². The van der Waals surface area contributed by atoms with Crippen molar-refractivity contribution < 1.29 is 24.3 Å². The molecule has 0 aromatic heterocycles. The zero-order valence-corrected chi connectivity index (χ0v) is 21.2. The second-order valence-electron chi connectivity index (χ2n) is 9.40. The summed E-state index contributed by atoms with van der Waals surface area (Å²) >= 11 is 2.81. The van der Waals surface area contributed by atoms with E-state index in [4.69, 9.17) is 0 Å². The fourth-order valence-corrected chi connectivity index (χ4v) is 7.07. The lowest BCUT2D eigenvalue weighted by Crippen LogP contribution is -2.70. The van der Waals surface area contributed by atoms with Crippen molar-refractivity contribution in [1.29, 1.82) is 0 Å². The minimum absolute atomic E-state index is 0.0294. The Morgan fingerprint density at radius 1 is 1.20 bits per heavy atom. The van der Waals surface area contributed by atoms with Crippen LogP contribution in [0.25, 0.3) is 0 Å². The predicted molar refractivity (Wildman–Crippen MR) is 134 cm³/mol. The number of amides is 3. The molecule has 2 atom stereocenters. The molecule has 35 heavy (non-hydrogen) atoms. The average Bonchev–Trinajstić information content (AvgIpc) is 3.58. The molecule has 0 unspecified atom stereocenters. The highest BCUT2D eigenvalue weighted by molar-refractivity contribution is 8.00. The van der Waals surface area contributed by atoms with Crippen molar-refractivity contribution in [2.75, 3.05) is 18.1 Å². The zero-order chi connectivity index (χ0) is 24.9. The number of rotatable bonds is 7. The number of benzene rings is 1. The fourth-order valence-electron chi connectivity index (χ4n) is 4.85. The molecule has 10 heteroatoms. The fraction of sp³-hybridized carbons (Fsp3) is 0.440. The first-order valence-electron chi connectivity index (χ1n) is 11.7. The van der Waals surface area contributed by atoms with Crippen LogP contribution in [0, 0.1) is 13.8 Å². The molecule has 1 aromatic carbocycles. The molecular weight excluding hydrogens is 486 g/mol. The molecule has 5 rings (SSSR count). The van der Waals surface area contributed by atoms with Gasteiger partial charge in [-0.1, -0.05) is 6.07 Å². The van der Waals surface area contributed by atoms with Crippen molar-refractivity contribution in [2.24, 2.45) is 0 Å². The van der Waals surface area contributed by atoms with Crippen molar-refractivity contribution in [2.45, 2.75) is 55.5 Å². The van der Waals surface area contributed by atoms with Crippen LogP contribution in [-0.2, 0) is 19.2 Å². The molecule has 2 N–H and O–H groups in total. The van der Waals surface area contributed by atoms with Crippen molar-refractivity contribution >= 4 is 47.2 Å². The molecular formula is C25H27N3O5S2. The topological polar surface area (TPSA) is 107 Å². The maximum absolute atomic E-state index is 12.9. The number of aryl methyl sites for hydroxylation is 2. The van der Waals surface area contributed by atoms with E-state index in [-0.39, 0.29) is 23.3 Å². The Morgan fingerprint density at radius 2 is 1.91 bits per heavy atom. The van der Waals surface area contributed by atoms with Crippen LogP contribution in [0.15, 0.2) is 46.0 Å². The number of nitrogens with zero attached hydrogens (tertiary/aromatic N) is 2. The van der Waals surface area contributed by atoms with Crippen LogP contribution in [0.5, 0.6) is 0 Å². The van der Waals surface area contributed by atoms with Gasteiger partial charge in [-0.05, 0) is 68.0 Å². The number of carboxylic acids is 1. The summed E-state index contributed by atoms with van der Waals surface area (Å²) in [7, 11) is 0. The molecule has 3 heterocycles. The maximum atomic E-state index is 12.9. The van der Waals surface area contributed by atoms with Crippen LogP contribution < -0.4 is 5.32 Å². The van der Waals surface area contributed by atoms with E-state index >= 15 is 0 Å². The number of likely N-dealkylation sites (tertiary alicyclic amines) is 1. The first-order valence-corrected chi connectivity index (χ1v) is 13.7. The van der Waals surface area contributed by atoms with Gasteiger partial charge in [-0.15, -0.1) is 23.5 Å². The summed E-state index contributed by atoms with van der Waals surface area (Å²) in [5.74, 6) is -1.40. The molecule has 0 spiro atoms. The lowest BCUT2D eigenvalue weighted by atomic mass is 10.0. The lowest BCUT2D eigenvalue weighted by molar-refractivity contribution is -0.150. The summed E-state index contributed by atoms with van der Waals surface area (Å²) in [6.07, 6.45) is 4.30. The number of hydrogen-bond donors (Lipinski definition) is 2. The number of aliphatic carboxylic acids is 1. The van der Waals surface area contributed by atoms with Gasteiger partial charge in [-0.25, -0.2) is 4.79 Å². The van der Waals surface area contributed by atoms with Crippen LogP contribution in [0.2, 0.25) is 0 Å². The summed E-state index contributed by atoms with van der Waals surface area (Å²) in [5.41, 5.74) is 3.23. The smallest absolute Gasteiger partial charge is 0.352 e. The van der Waals surface area contributed by atoms with Gasteiger partial charge in [0.15, 0.2) is 0 Å².